The number of rotatable bonds is 6. The summed E-state index contributed by atoms with van der Waals surface area (Å²) in [5, 5.41) is 3.91. The standard InChI is InChI=1S/C21H16BrN3O4/c1-28-18-8-4-15(5-9-18)21(27)29-19-6-2-14(3-7-19)11-24-25-20(26)16-10-17(22)13-23-12-16/h2-13H,1H3,(H,25,26)/b24-11+. The number of pyridine rings is 1. The molecule has 0 spiro atoms. The second kappa shape index (κ2) is 9.61. The van der Waals surface area contributed by atoms with Crippen molar-refractivity contribution in [2.24, 2.45) is 5.10 Å². The van der Waals surface area contributed by atoms with E-state index in [2.05, 4.69) is 31.4 Å². The van der Waals surface area contributed by atoms with Crippen LogP contribution in [0.25, 0.3) is 0 Å². The number of methoxy groups -OCH3 is 1. The van der Waals surface area contributed by atoms with Gasteiger partial charge in [-0.1, -0.05) is 0 Å². The number of halogens is 1. The van der Waals surface area contributed by atoms with Crippen molar-refractivity contribution in [2.75, 3.05) is 7.11 Å². The summed E-state index contributed by atoms with van der Waals surface area (Å²) in [7, 11) is 1.56. The third-order valence-corrected chi connectivity index (χ3v) is 4.20. The zero-order valence-corrected chi connectivity index (χ0v) is 16.9. The number of carbonyl (C=O) groups excluding carboxylic acids is 2. The first-order valence-electron chi connectivity index (χ1n) is 8.45. The van der Waals surface area contributed by atoms with E-state index >= 15 is 0 Å². The second-order valence-electron chi connectivity index (χ2n) is 5.78. The Morgan fingerprint density at radius 3 is 2.34 bits per heavy atom. The fourth-order valence-corrected chi connectivity index (χ4v) is 2.65. The number of aromatic nitrogens is 1. The number of hydrogen-bond acceptors (Lipinski definition) is 6. The van der Waals surface area contributed by atoms with Crippen LogP contribution >= 0.6 is 15.9 Å². The van der Waals surface area contributed by atoms with Crippen molar-refractivity contribution >= 4 is 34.0 Å². The van der Waals surface area contributed by atoms with Crippen molar-refractivity contribution in [3.8, 4) is 11.5 Å². The topological polar surface area (TPSA) is 89.9 Å². The molecular weight excluding hydrogens is 438 g/mol. The molecule has 1 heterocycles. The van der Waals surface area contributed by atoms with Gasteiger partial charge in [0.2, 0.25) is 0 Å². The molecule has 1 aromatic heterocycles. The smallest absolute Gasteiger partial charge is 0.343 e. The lowest BCUT2D eigenvalue weighted by Crippen LogP contribution is -2.17. The van der Waals surface area contributed by atoms with Crippen LogP contribution in [0.15, 0.2) is 76.6 Å². The Hall–Kier alpha value is -3.52. The number of hydrogen-bond donors (Lipinski definition) is 1. The highest BCUT2D eigenvalue weighted by Gasteiger charge is 2.09. The molecule has 1 N–H and O–H groups in total. The summed E-state index contributed by atoms with van der Waals surface area (Å²) in [6.45, 7) is 0. The molecule has 3 rings (SSSR count). The van der Waals surface area contributed by atoms with Gasteiger partial charge in [0.1, 0.15) is 11.5 Å². The molecule has 2 aromatic carbocycles. The molecule has 0 saturated carbocycles. The second-order valence-corrected chi connectivity index (χ2v) is 6.69. The van der Waals surface area contributed by atoms with Gasteiger partial charge in [-0.15, -0.1) is 0 Å². The van der Waals surface area contributed by atoms with Gasteiger partial charge in [-0.05, 0) is 76.1 Å². The Morgan fingerprint density at radius 1 is 1.00 bits per heavy atom. The molecule has 1 amide bonds. The highest BCUT2D eigenvalue weighted by molar-refractivity contribution is 9.10. The number of nitrogens with zero attached hydrogens (tertiary/aromatic N) is 2. The van der Waals surface area contributed by atoms with E-state index in [4.69, 9.17) is 9.47 Å². The number of carbonyl (C=O) groups is 2. The number of amides is 1. The minimum atomic E-state index is -0.469. The highest BCUT2D eigenvalue weighted by Crippen LogP contribution is 2.16. The van der Waals surface area contributed by atoms with E-state index in [-0.39, 0.29) is 5.91 Å². The number of esters is 1. The zero-order valence-electron chi connectivity index (χ0n) is 15.3. The Balaban J connectivity index is 1.56. The summed E-state index contributed by atoms with van der Waals surface area (Å²) in [5.74, 6) is 0.213. The van der Waals surface area contributed by atoms with Crippen LogP contribution < -0.4 is 14.9 Å². The molecule has 0 fully saturated rings. The van der Waals surface area contributed by atoms with Crippen molar-refractivity contribution in [1.82, 2.24) is 10.4 Å². The molecular formula is C21H16BrN3O4. The molecule has 0 saturated heterocycles. The Labute approximate surface area is 175 Å². The van der Waals surface area contributed by atoms with Gasteiger partial charge >= 0.3 is 5.97 Å². The van der Waals surface area contributed by atoms with E-state index in [1.807, 2.05) is 0 Å². The molecule has 146 valence electrons. The SMILES string of the molecule is COc1ccc(C(=O)Oc2ccc(/C=N/NC(=O)c3cncc(Br)c3)cc2)cc1. The van der Waals surface area contributed by atoms with Crippen molar-refractivity contribution in [2.45, 2.75) is 0 Å². The molecule has 0 aliphatic heterocycles. The van der Waals surface area contributed by atoms with Gasteiger partial charge in [0.25, 0.3) is 5.91 Å². The third kappa shape index (κ3) is 5.73. The van der Waals surface area contributed by atoms with Crippen LogP contribution in [-0.2, 0) is 0 Å². The minimum absolute atomic E-state index is 0.375. The van der Waals surface area contributed by atoms with Crippen LogP contribution in [0, 0.1) is 0 Å². The number of nitrogens with one attached hydrogen (secondary N) is 1. The van der Waals surface area contributed by atoms with E-state index in [9.17, 15) is 9.59 Å². The van der Waals surface area contributed by atoms with Crippen LogP contribution in [0.1, 0.15) is 26.3 Å². The molecule has 0 aliphatic rings. The van der Waals surface area contributed by atoms with Crippen LogP contribution in [0.4, 0.5) is 0 Å². The molecule has 29 heavy (non-hydrogen) atoms. The first kappa shape index (κ1) is 20.2. The zero-order chi connectivity index (χ0) is 20.6. The predicted molar refractivity (Wildman–Crippen MR) is 111 cm³/mol. The lowest BCUT2D eigenvalue weighted by Gasteiger charge is -2.05. The molecule has 8 heteroatoms. The average molecular weight is 454 g/mol. The van der Waals surface area contributed by atoms with Crippen molar-refractivity contribution < 1.29 is 19.1 Å². The molecule has 0 atom stereocenters. The van der Waals surface area contributed by atoms with Crippen LogP contribution in [0.2, 0.25) is 0 Å². The largest absolute Gasteiger partial charge is 0.497 e. The fourth-order valence-electron chi connectivity index (χ4n) is 2.28. The Morgan fingerprint density at radius 2 is 1.69 bits per heavy atom. The first-order chi connectivity index (χ1) is 14.0. The van der Waals surface area contributed by atoms with E-state index in [0.717, 1.165) is 5.56 Å². The fraction of sp³-hybridized carbons (Fsp3) is 0.0476. The summed E-state index contributed by atoms with van der Waals surface area (Å²) >= 11 is 3.26. The summed E-state index contributed by atoms with van der Waals surface area (Å²) in [4.78, 5) is 28.1. The lowest BCUT2D eigenvalue weighted by atomic mass is 10.2. The van der Waals surface area contributed by atoms with E-state index in [1.54, 1.807) is 67.9 Å². The molecule has 0 unspecified atom stereocenters. The maximum absolute atomic E-state index is 12.2. The summed E-state index contributed by atoms with van der Waals surface area (Å²) < 4.78 is 11.1. The monoisotopic (exact) mass is 453 g/mol. The third-order valence-electron chi connectivity index (χ3n) is 3.76. The van der Waals surface area contributed by atoms with Gasteiger partial charge in [0.15, 0.2) is 0 Å². The lowest BCUT2D eigenvalue weighted by molar-refractivity contribution is 0.0734. The van der Waals surface area contributed by atoms with Crippen LogP contribution in [-0.4, -0.2) is 30.2 Å². The van der Waals surface area contributed by atoms with Gasteiger partial charge < -0.3 is 9.47 Å². The Kier molecular flexibility index (Phi) is 6.70. The first-order valence-corrected chi connectivity index (χ1v) is 9.25. The van der Waals surface area contributed by atoms with Crippen molar-refractivity contribution in [3.63, 3.8) is 0 Å². The van der Waals surface area contributed by atoms with Crippen LogP contribution in [0.5, 0.6) is 11.5 Å². The summed E-state index contributed by atoms with van der Waals surface area (Å²) in [6, 6.07) is 15.0. The molecule has 0 bridgehead atoms. The molecule has 0 aliphatic carbocycles. The van der Waals surface area contributed by atoms with Gasteiger partial charge in [-0.25, -0.2) is 10.2 Å². The van der Waals surface area contributed by atoms with Gasteiger partial charge in [-0.3, -0.25) is 9.78 Å². The van der Waals surface area contributed by atoms with E-state index in [1.165, 1.54) is 12.4 Å². The molecule has 3 aromatic rings. The van der Waals surface area contributed by atoms with Crippen molar-refractivity contribution in [3.05, 3.63) is 88.2 Å². The highest BCUT2D eigenvalue weighted by atomic mass is 79.9. The summed E-state index contributed by atoms with van der Waals surface area (Å²) in [5.41, 5.74) is 3.95. The van der Waals surface area contributed by atoms with Crippen molar-refractivity contribution in [1.29, 1.82) is 0 Å². The van der Waals surface area contributed by atoms with Gasteiger partial charge in [0, 0.05) is 16.9 Å². The maximum Gasteiger partial charge on any atom is 0.343 e. The van der Waals surface area contributed by atoms with Crippen LogP contribution in [0.3, 0.4) is 0 Å². The maximum atomic E-state index is 12.2. The number of ether oxygens (including phenoxy) is 2. The molecule has 0 radical (unpaired) electrons. The average Bonchev–Trinajstić information content (AvgIpc) is 2.75. The minimum Gasteiger partial charge on any atom is -0.497 e. The number of hydrazone groups is 1. The van der Waals surface area contributed by atoms with Gasteiger partial charge in [-0.2, -0.15) is 5.10 Å². The predicted octanol–water partition coefficient (Wildman–Crippen LogP) is 3.84. The Bertz CT molecular complexity index is 1030. The van der Waals surface area contributed by atoms with Gasteiger partial charge in [0.05, 0.1) is 24.5 Å². The molecule has 7 nitrogen and oxygen atoms in total. The van der Waals surface area contributed by atoms with E-state index in [0.29, 0.717) is 27.1 Å². The van der Waals surface area contributed by atoms with E-state index < -0.39 is 5.97 Å². The number of benzene rings is 2. The summed E-state index contributed by atoms with van der Waals surface area (Å²) in [6.07, 6.45) is 4.52. The normalized spacial score (nSPS) is 10.6. The quantitative estimate of drug-likeness (QED) is 0.265.